The molecule has 1 aromatic rings. The summed E-state index contributed by atoms with van der Waals surface area (Å²) < 4.78 is 38.6. The van der Waals surface area contributed by atoms with Gasteiger partial charge in [-0.2, -0.15) is 13.2 Å². The molecule has 30 heavy (non-hydrogen) atoms. The zero-order valence-electron chi connectivity index (χ0n) is 17.5. The highest BCUT2D eigenvalue weighted by molar-refractivity contribution is 5.91. The van der Waals surface area contributed by atoms with Gasteiger partial charge in [0, 0.05) is 32.1 Å². The number of carbonyl (C=O) groups is 2. The van der Waals surface area contributed by atoms with E-state index in [0.29, 0.717) is 37.5 Å². The summed E-state index contributed by atoms with van der Waals surface area (Å²) in [6.07, 6.45) is -2.09. The molecule has 2 fully saturated rings. The molecule has 166 valence electrons. The van der Waals surface area contributed by atoms with E-state index in [1.807, 2.05) is 4.90 Å². The van der Waals surface area contributed by atoms with Crippen LogP contribution in [0, 0.1) is 17.3 Å². The summed E-state index contributed by atoms with van der Waals surface area (Å²) in [5.41, 5.74) is 4.71. The van der Waals surface area contributed by atoms with E-state index in [1.165, 1.54) is 12.1 Å². The van der Waals surface area contributed by atoms with E-state index in [2.05, 4.69) is 19.2 Å². The zero-order valence-corrected chi connectivity index (χ0v) is 17.5. The van der Waals surface area contributed by atoms with Crippen LogP contribution in [-0.2, 0) is 22.3 Å². The SMILES string of the molecule is CC(C)C1CC1(CC(N)=O)C(=O)N1CCC(NCc2cccc(C(F)(F)F)c2)CC1. The van der Waals surface area contributed by atoms with Gasteiger partial charge in [-0.15, -0.1) is 0 Å². The molecule has 0 radical (unpaired) electrons. The number of likely N-dealkylation sites (tertiary alicyclic amines) is 1. The largest absolute Gasteiger partial charge is 0.416 e. The van der Waals surface area contributed by atoms with Crippen LogP contribution in [0.1, 0.15) is 50.7 Å². The zero-order chi connectivity index (χ0) is 22.1. The minimum atomic E-state index is -4.35. The van der Waals surface area contributed by atoms with Crippen molar-refractivity contribution in [3.05, 3.63) is 35.4 Å². The van der Waals surface area contributed by atoms with E-state index in [0.717, 1.165) is 18.9 Å². The molecule has 5 nitrogen and oxygen atoms in total. The summed E-state index contributed by atoms with van der Waals surface area (Å²) in [4.78, 5) is 26.5. The monoisotopic (exact) mass is 425 g/mol. The molecule has 3 rings (SSSR count). The van der Waals surface area contributed by atoms with Gasteiger partial charge in [-0.25, -0.2) is 0 Å². The summed E-state index contributed by atoms with van der Waals surface area (Å²) in [6, 6.07) is 5.46. The second kappa shape index (κ2) is 8.57. The molecule has 1 saturated heterocycles. The number of alkyl halides is 3. The Balaban J connectivity index is 1.52. The van der Waals surface area contributed by atoms with Crippen LogP contribution in [0.2, 0.25) is 0 Å². The van der Waals surface area contributed by atoms with Gasteiger partial charge in [0.15, 0.2) is 0 Å². The van der Waals surface area contributed by atoms with Crippen LogP contribution in [0.4, 0.5) is 13.2 Å². The predicted molar refractivity (Wildman–Crippen MR) is 107 cm³/mol. The summed E-state index contributed by atoms with van der Waals surface area (Å²) in [5, 5.41) is 3.31. The van der Waals surface area contributed by atoms with E-state index in [4.69, 9.17) is 5.73 Å². The summed E-state index contributed by atoms with van der Waals surface area (Å²) in [6.45, 7) is 5.62. The predicted octanol–water partition coefficient (Wildman–Crippen LogP) is 3.32. The first kappa shape index (κ1) is 22.6. The number of hydrogen-bond acceptors (Lipinski definition) is 3. The van der Waals surface area contributed by atoms with Crippen LogP contribution in [0.5, 0.6) is 0 Å². The molecule has 1 aromatic carbocycles. The van der Waals surface area contributed by atoms with Gasteiger partial charge in [0.1, 0.15) is 0 Å². The summed E-state index contributed by atoms with van der Waals surface area (Å²) in [5.74, 6) is 0.0923. The lowest BCUT2D eigenvalue weighted by Gasteiger charge is -2.35. The Morgan fingerprint density at radius 2 is 1.93 bits per heavy atom. The molecule has 2 aliphatic rings. The van der Waals surface area contributed by atoms with Crippen LogP contribution in [0.25, 0.3) is 0 Å². The molecule has 1 saturated carbocycles. The lowest BCUT2D eigenvalue weighted by Crippen LogP contribution is -2.48. The Hall–Kier alpha value is -2.09. The molecule has 2 amide bonds. The fourth-order valence-electron chi connectivity index (χ4n) is 4.76. The van der Waals surface area contributed by atoms with Gasteiger partial charge >= 0.3 is 6.18 Å². The minimum Gasteiger partial charge on any atom is -0.370 e. The van der Waals surface area contributed by atoms with Gasteiger partial charge in [0.05, 0.1) is 11.0 Å². The van der Waals surface area contributed by atoms with Crippen LogP contribution in [-0.4, -0.2) is 35.8 Å². The maximum atomic E-state index is 13.1. The molecular weight excluding hydrogens is 395 g/mol. The Labute approximate surface area is 175 Å². The third-order valence-electron chi connectivity index (χ3n) is 6.49. The van der Waals surface area contributed by atoms with Crippen LogP contribution in [0.3, 0.4) is 0 Å². The molecular formula is C22H30F3N3O2. The molecule has 1 aliphatic carbocycles. The molecule has 0 bridgehead atoms. The van der Waals surface area contributed by atoms with Crippen molar-refractivity contribution in [3.8, 4) is 0 Å². The number of amides is 2. The van der Waals surface area contributed by atoms with Crippen molar-refractivity contribution in [2.24, 2.45) is 23.0 Å². The first-order valence-corrected chi connectivity index (χ1v) is 10.5. The molecule has 1 aliphatic heterocycles. The van der Waals surface area contributed by atoms with Crippen molar-refractivity contribution in [1.29, 1.82) is 0 Å². The van der Waals surface area contributed by atoms with Gasteiger partial charge in [-0.05, 0) is 42.7 Å². The number of hydrogen-bond donors (Lipinski definition) is 2. The van der Waals surface area contributed by atoms with Crippen molar-refractivity contribution in [1.82, 2.24) is 10.2 Å². The average molecular weight is 425 g/mol. The van der Waals surface area contributed by atoms with Crippen molar-refractivity contribution < 1.29 is 22.8 Å². The molecule has 0 aromatic heterocycles. The second-order valence-corrected chi connectivity index (χ2v) is 9.00. The smallest absolute Gasteiger partial charge is 0.370 e. The van der Waals surface area contributed by atoms with Crippen LogP contribution < -0.4 is 11.1 Å². The standard InChI is InChI=1S/C22H30F3N3O2/c1-14(2)18-11-21(18,12-19(26)29)20(30)28-8-6-17(7-9-28)27-13-15-4-3-5-16(10-15)22(23,24)25/h3-5,10,14,17-18,27H,6-9,11-13H2,1-2H3,(H2,26,29). The van der Waals surface area contributed by atoms with E-state index < -0.39 is 23.1 Å². The number of primary amides is 1. The number of nitrogens with two attached hydrogens (primary N) is 1. The van der Waals surface area contributed by atoms with Crippen molar-refractivity contribution in [3.63, 3.8) is 0 Å². The van der Waals surface area contributed by atoms with Crippen LogP contribution >= 0.6 is 0 Å². The maximum Gasteiger partial charge on any atom is 0.416 e. The Morgan fingerprint density at radius 3 is 2.47 bits per heavy atom. The molecule has 8 heteroatoms. The molecule has 2 atom stereocenters. The van der Waals surface area contributed by atoms with Gasteiger partial charge < -0.3 is 16.0 Å². The highest BCUT2D eigenvalue weighted by Crippen LogP contribution is 2.60. The van der Waals surface area contributed by atoms with Gasteiger partial charge in [-0.3, -0.25) is 9.59 Å². The normalized spacial score (nSPS) is 24.9. The highest BCUT2D eigenvalue weighted by Gasteiger charge is 2.62. The molecule has 0 spiro atoms. The number of nitrogens with zero attached hydrogens (tertiary/aromatic N) is 1. The van der Waals surface area contributed by atoms with Gasteiger partial charge in [0.25, 0.3) is 0 Å². The first-order chi connectivity index (χ1) is 14.0. The fraction of sp³-hybridized carbons (Fsp3) is 0.636. The molecule has 2 unspecified atom stereocenters. The summed E-state index contributed by atoms with van der Waals surface area (Å²) in [7, 11) is 0. The quantitative estimate of drug-likeness (QED) is 0.704. The third-order valence-corrected chi connectivity index (χ3v) is 6.49. The van der Waals surface area contributed by atoms with E-state index in [-0.39, 0.29) is 24.3 Å². The highest BCUT2D eigenvalue weighted by atomic mass is 19.4. The van der Waals surface area contributed by atoms with E-state index >= 15 is 0 Å². The Bertz CT molecular complexity index is 788. The number of rotatable bonds is 7. The first-order valence-electron chi connectivity index (χ1n) is 10.5. The Morgan fingerprint density at radius 1 is 1.27 bits per heavy atom. The second-order valence-electron chi connectivity index (χ2n) is 9.00. The molecule has 1 heterocycles. The third kappa shape index (κ3) is 4.96. The number of halogens is 3. The topological polar surface area (TPSA) is 75.4 Å². The van der Waals surface area contributed by atoms with Crippen molar-refractivity contribution >= 4 is 11.8 Å². The number of nitrogens with one attached hydrogen (secondary N) is 1. The lowest BCUT2D eigenvalue weighted by atomic mass is 9.90. The molecule has 3 N–H and O–H groups in total. The average Bonchev–Trinajstić information content (AvgIpc) is 3.41. The minimum absolute atomic E-state index is 0.0244. The number of piperidine rings is 1. The van der Waals surface area contributed by atoms with E-state index in [9.17, 15) is 22.8 Å². The van der Waals surface area contributed by atoms with Gasteiger partial charge in [0.2, 0.25) is 11.8 Å². The van der Waals surface area contributed by atoms with Crippen molar-refractivity contribution in [2.75, 3.05) is 13.1 Å². The number of benzene rings is 1. The Kier molecular flexibility index (Phi) is 6.45. The van der Waals surface area contributed by atoms with Gasteiger partial charge in [-0.1, -0.05) is 32.0 Å². The summed E-state index contributed by atoms with van der Waals surface area (Å²) >= 11 is 0. The lowest BCUT2D eigenvalue weighted by molar-refractivity contribution is -0.141. The van der Waals surface area contributed by atoms with Crippen LogP contribution in [0.15, 0.2) is 24.3 Å². The maximum absolute atomic E-state index is 13.1. The fourth-order valence-corrected chi connectivity index (χ4v) is 4.76. The van der Waals surface area contributed by atoms with Crippen molar-refractivity contribution in [2.45, 2.75) is 58.3 Å². The number of carbonyl (C=O) groups excluding carboxylic acids is 2. The van der Waals surface area contributed by atoms with E-state index in [1.54, 1.807) is 6.07 Å².